The average Bonchev–Trinajstić information content (AvgIpc) is 2.22. The van der Waals surface area contributed by atoms with Gasteiger partial charge in [0.25, 0.3) is 0 Å². The molecule has 1 amide bonds. The topological polar surface area (TPSA) is 58.4 Å². The van der Waals surface area contributed by atoms with Gasteiger partial charge in [-0.3, -0.25) is 4.79 Å². The van der Waals surface area contributed by atoms with Crippen LogP contribution in [0.4, 0.5) is 0 Å². The molecule has 3 N–H and O–H groups in total. The Labute approximate surface area is 99.6 Å². The molecule has 0 saturated heterocycles. The van der Waals surface area contributed by atoms with E-state index in [0.717, 1.165) is 32.6 Å². The van der Waals surface area contributed by atoms with E-state index in [1.54, 1.807) is 0 Å². The molecule has 0 rings (SSSR count). The van der Waals surface area contributed by atoms with Gasteiger partial charge in [-0.1, -0.05) is 13.8 Å². The molecule has 0 aliphatic carbocycles. The van der Waals surface area contributed by atoms with Crippen LogP contribution < -0.4 is 11.1 Å². The van der Waals surface area contributed by atoms with Crippen LogP contribution in [0.1, 0.15) is 33.6 Å². The highest BCUT2D eigenvalue weighted by atomic mass is 16.1. The smallest absolute Gasteiger partial charge is 0.221 e. The van der Waals surface area contributed by atoms with E-state index in [-0.39, 0.29) is 5.91 Å². The predicted octanol–water partition coefficient (Wildman–Crippen LogP) is 0.819. The summed E-state index contributed by atoms with van der Waals surface area (Å²) < 4.78 is 0. The maximum absolute atomic E-state index is 11.3. The lowest BCUT2D eigenvalue weighted by Crippen LogP contribution is -2.34. The first kappa shape index (κ1) is 15.4. The second kappa shape index (κ2) is 9.60. The van der Waals surface area contributed by atoms with Crippen molar-refractivity contribution < 1.29 is 4.79 Å². The van der Waals surface area contributed by atoms with Gasteiger partial charge < -0.3 is 16.0 Å². The zero-order valence-electron chi connectivity index (χ0n) is 11.0. The molecule has 0 aliphatic heterocycles. The summed E-state index contributed by atoms with van der Waals surface area (Å²) >= 11 is 0. The van der Waals surface area contributed by atoms with Crippen LogP contribution in [0.5, 0.6) is 0 Å². The van der Waals surface area contributed by atoms with E-state index in [1.807, 2.05) is 6.92 Å². The number of carbonyl (C=O) groups excluding carboxylic acids is 1. The Balaban J connectivity index is 3.85. The van der Waals surface area contributed by atoms with E-state index in [1.165, 1.54) is 0 Å². The van der Waals surface area contributed by atoms with E-state index < -0.39 is 0 Å². The molecule has 0 aliphatic rings. The average molecular weight is 229 g/mol. The van der Waals surface area contributed by atoms with Crippen LogP contribution in [0.3, 0.4) is 0 Å². The molecule has 0 unspecified atom stereocenters. The fraction of sp³-hybridized carbons (Fsp3) is 0.917. The fourth-order valence-electron chi connectivity index (χ4n) is 1.67. The molecule has 4 heteroatoms. The van der Waals surface area contributed by atoms with Gasteiger partial charge in [-0.05, 0) is 32.4 Å². The molecule has 0 spiro atoms. The van der Waals surface area contributed by atoms with E-state index in [0.29, 0.717) is 18.9 Å². The molecule has 0 bridgehead atoms. The molecule has 16 heavy (non-hydrogen) atoms. The molecule has 0 aromatic carbocycles. The fourth-order valence-corrected chi connectivity index (χ4v) is 1.67. The van der Waals surface area contributed by atoms with Crippen LogP contribution in [-0.4, -0.2) is 43.5 Å². The first-order chi connectivity index (χ1) is 7.60. The SMILES string of the molecule is CCNC(=O)CCN(CCCN)CC(C)C. The van der Waals surface area contributed by atoms with Gasteiger partial charge in [0.1, 0.15) is 0 Å². The van der Waals surface area contributed by atoms with Crippen LogP contribution >= 0.6 is 0 Å². The minimum atomic E-state index is 0.143. The highest BCUT2D eigenvalue weighted by Crippen LogP contribution is 2.01. The van der Waals surface area contributed by atoms with Gasteiger partial charge in [-0.2, -0.15) is 0 Å². The Morgan fingerprint density at radius 3 is 2.56 bits per heavy atom. The molecule has 0 atom stereocenters. The zero-order valence-corrected chi connectivity index (χ0v) is 11.0. The van der Waals surface area contributed by atoms with Crippen molar-refractivity contribution in [2.24, 2.45) is 11.7 Å². The third kappa shape index (κ3) is 8.68. The second-order valence-electron chi connectivity index (χ2n) is 4.54. The van der Waals surface area contributed by atoms with Crippen LogP contribution in [0.2, 0.25) is 0 Å². The van der Waals surface area contributed by atoms with Crippen LogP contribution in [0.15, 0.2) is 0 Å². The highest BCUT2D eigenvalue weighted by Gasteiger charge is 2.08. The molecule has 0 aromatic heterocycles. The molecule has 0 radical (unpaired) electrons. The quantitative estimate of drug-likeness (QED) is 0.615. The summed E-state index contributed by atoms with van der Waals surface area (Å²) in [5.74, 6) is 0.774. The van der Waals surface area contributed by atoms with Crippen molar-refractivity contribution >= 4 is 5.91 Å². The van der Waals surface area contributed by atoms with Gasteiger partial charge >= 0.3 is 0 Å². The number of carbonyl (C=O) groups is 1. The lowest BCUT2D eigenvalue weighted by atomic mass is 10.2. The van der Waals surface area contributed by atoms with Gasteiger partial charge in [0.2, 0.25) is 5.91 Å². The van der Waals surface area contributed by atoms with Crippen LogP contribution in [-0.2, 0) is 4.79 Å². The van der Waals surface area contributed by atoms with E-state index in [4.69, 9.17) is 5.73 Å². The number of hydrogen-bond acceptors (Lipinski definition) is 3. The maximum Gasteiger partial charge on any atom is 0.221 e. The number of nitrogens with one attached hydrogen (secondary N) is 1. The number of nitrogens with zero attached hydrogens (tertiary/aromatic N) is 1. The zero-order chi connectivity index (χ0) is 12.4. The van der Waals surface area contributed by atoms with Crippen molar-refractivity contribution in [1.29, 1.82) is 0 Å². The van der Waals surface area contributed by atoms with Crippen molar-refractivity contribution in [3.63, 3.8) is 0 Å². The van der Waals surface area contributed by atoms with E-state index in [9.17, 15) is 4.79 Å². The molecule has 0 fully saturated rings. The first-order valence-electron chi connectivity index (χ1n) is 6.29. The van der Waals surface area contributed by atoms with Crippen molar-refractivity contribution in [3.05, 3.63) is 0 Å². The standard InChI is InChI=1S/C12H27N3O/c1-4-14-12(16)6-9-15(8-5-7-13)10-11(2)3/h11H,4-10,13H2,1-3H3,(H,14,16). The van der Waals surface area contributed by atoms with Crippen molar-refractivity contribution in [1.82, 2.24) is 10.2 Å². The number of nitrogens with two attached hydrogens (primary N) is 1. The van der Waals surface area contributed by atoms with E-state index >= 15 is 0 Å². The number of amides is 1. The minimum absolute atomic E-state index is 0.143. The van der Waals surface area contributed by atoms with Gasteiger partial charge in [0.15, 0.2) is 0 Å². The van der Waals surface area contributed by atoms with Crippen LogP contribution in [0.25, 0.3) is 0 Å². The third-order valence-corrected chi connectivity index (χ3v) is 2.33. The Morgan fingerprint density at radius 1 is 1.38 bits per heavy atom. The highest BCUT2D eigenvalue weighted by molar-refractivity contribution is 5.75. The van der Waals surface area contributed by atoms with Gasteiger partial charge in [0.05, 0.1) is 0 Å². The summed E-state index contributed by atoms with van der Waals surface area (Å²) in [5, 5.41) is 2.82. The molecule has 0 aromatic rings. The summed E-state index contributed by atoms with van der Waals surface area (Å²) in [7, 11) is 0. The number of rotatable bonds is 9. The first-order valence-corrected chi connectivity index (χ1v) is 6.29. The summed E-state index contributed by atoms with van der Waals surface area (Å²) in [6, 6.07) is 0. The van der Waals surface area contributed by atoms with Crippen molar-refractivity contribution in [2.75, 3.05) is 32.7 Å². The van der Waals surface area contributed by atoms with Crippen molar-refractivity contribution in [2.45, 2.75) is 33.6 Å². The van der Waals surface area contributed by atoms with Gasteiger partial charge in [-0.15, -0.1) is 0 Å². The summed E-state index contributed by atoms with van der Waals surface area (Å²) in [6.07, 6.45) is 1.59. The normalized spacial score (nSPS) is 11.1. The molecule has 0 saturated carbocycles. The summed E-state index contributed by atoms with van der Waals surface area (Å²) in [5.41, 5.74) is 5.51. The Bertz CT molecular complexity index is 183. The lowest BCUT2D eigenvalue weighted by molar-refractivity contribution is -0.121. The lowest BCUT2D eigenvalue weighted by Gasteiger charge is -2.23. The minimum Gasteiger partial charge on any atom is -0.356 e. The van der Waals surface area contributed by atoms with E-state index in [2.05, 4.69) is 24.1 Å². The molecule has 96 valence electrons. The van der Waals surface area contributed by atoms with Gasteiger partial charge in [0, 0.05) is 26.1 Å². The molecular weight excluding hydrogens is 202 g/mol. The Kier molecular flexibility index (Phi) is 9.24. The molecule has 4 nitrogen and oxygen atoms in total. The third-order valence-electron chi connectivity index (χ3n) is 2.33. The maximum atomic E-state index is 11.3. The molecular formula is C12H27N3O. The summed E-state index contributed by atoms with van der Waals surface area (Å²) in [6.45, 7) is 10.6. The number of hydrogen-bond donors (Lipinski definition) is 2. The van der Waals surface area contributed by atoms with Crippen LogP contribution in [0, 0.1) is 5.92 Å². The van der Waals surface area contributed by atoms with Crippen molar-refractivity contribution in [3.8, 4) is 0 Å². The van der Waals surface area contributed by atoms with Gasteiger partial charge in [-0.25, -0.2) is 0 Å². The Hall–Kier alpha value is -0.610. The predicted molar refractivity (Wildman–Crippen MR) is 68.3 cm³/mol. The molecule has 0 heterocycles. The Morgan fingerprint density at radius 2 is 2.06 bits per heavy atom. The summed E-state index contributed by atoms with van der Waals surface area (Å²) in [4.78, 5) is 13.7. The second-order valence-corrected chi connectivity index (χ2v) is 4.54. The largest absolute Gasteiger partial charge is 0.356 e. The monoisotopic (exact) mass is 229 g/mol.